The molecule has 2 N–H and O–H groups in total. The second-order valence-corrected chi connectivity index (χ2v) is 17.5. The van der Waals surface area contributed by atoms with Crippen molar-refractivity contribution in [2.24, 2.45) is 11.8 Å². The number of anilines is 1. The third-order valence-electron chi connectivity index (χ3n) is 12.6. The van der Waals surface area contributed by atoms with Gasteiger partial charge in [0.25, 0.3) is 0 Å². The van der Waals surface area contributed by atoms with Crippen molar-refractivity contribution in [2.75, 3.05) is 38.3 Å². The first-order valence-corrected chi connectivity index (χ1v) is 23.5. The molecule has 370 valence electrons. The molecule has 2 fully saturated rings. The van der Waals surface area contributed by atoms with Crippen molar-refractivity contribution in [1.82, 2.24) is 25.3 Å². The van der Waals surface area contributed by atoms with Gasteiger partial charge in [0.1, 0.15) is 28.7 Å². The van der Waals surface area contributed by atoms with Gasteiger partial charge < -0.3 is 38.4 Å². The van der Waals surface area contributed by atoms with E-state index in [0.717, 1.165) is 70.5 Å². The molecular weight excluding hydrogens is 918 g/mol. The molecule has 2 aliphatic heterocycles. The molecule has 0 aliphatic carbocycles. The Hall–Kier alpha value is -7.53. The molecule has 2 aliphatic rings. The van der Waals surface area contributed by atoms with E-state index in [9.17, 15) is 27.9 Å². The van der Waals surface area contributed by atoms with Crippen molar-refractivity contribution in [3.8, 4) is 34.4 Å². The minimum Gasteiger partial charge on any atom is -0.493 e. The first-order valence-electron chi connectivity index (χ1n) is 23.5. The maximum atomic E-state index is 13.2. The number of hydrogen-bond acceptors (Lipinski definition) is 13. The second kappa shape index (κ2) is 22.9. The topological polar surface area (TPSA) is 175 Å². The number of halogens is 3. The van der Waals surface area contributed by atoms with Crippen LogP contribution in [0.1, 0.15) is 52.6 Å². The van der Waals surface area contributed by atoms with Crippen LogP contribution in [0.15, 0.2) is 130 Å². The van der Waals surface area contributed by atoms with E-state index in [-0.39, 0.29) is 36.8 Å². The predicted octanol–water partition coefficient (Wildman–Crippen LogP) is 9.57. The molecular formula is C54H55F3N6O8. The monoisotopic (exact) mass is 972 g/mol. The van der Waals surface area contributed by atoms with Crippen LogP contribution in [0.4, 0.5) is 19.1 Å². The summed E-state index contributed by atoms with van der Waals surface area (Å²) in [6.07, 6.45) is 0.0662. The fourth-order valence-electron chi connectivity index (χ4n) is 8.76. The highest BCUT2D eigenvalue weighted by Crippen LogP contribution is 2.33. The maximum absolute atomic E-state index is 13.2. The molecule has 0 unspecified atom stereocenters. The summed E-state index contributed by atoms with van der Waals surface area (Å²) in [5.74, 6) is 2.25. The van der Waals surface area contributed by atoms with Gasteiger partial charge in [-0.25, -0.2) is 19.9 Å². The molecule has 71 heavy (non-hydrogen) atoms. The van der Waals surface area contributed by atoms with Crippen LogP contribution in [-0.2, 0) is 46.2 Å². The highest BCUT2D eigenvalue weighted by Gasteiger charge is 2.39. The Morgan fingerprint density at radius 2 is 1.25 bits per heavy atom. The molecule has 4 atom stereocenters. The summed E-state index contributed by atoms with van der Waals surface area (Å²) in [6.45, 7) is 5.46. The van der Waals surface area contributed by atoms with Gasteiger partial charge in [-0.2, -0.15) is 13.2 Å². The normalized spacial score (nSPS) is 17.6. The molecule has 4 aromatic carbocycles. The number of carboxylic acid groups (broad SMARTS) is 1. The number of benzene rings is 4. The number of aryl methyl sites for hydroxylation is 2. The van der Waals surface area contributed by atoms with Crippen molar-refractivity contribution in [2.45, 2.75) is 70.6 Å². The second-order valence-electron chi connectivity index (χ2n) is 17.5. The van der Waals surface area contributed by atoms with E-state index in [4.69, 9.17) is 23.0 Å². The van der Waals surface area contributed by atoms with Crippen molar-refractivity contribution in [1.29, 1.82) is 0 Å². The molecule has 3 aromatic heterocycles. The SMILES string of the molecule is COC(=O)[C@H]1CN[C@H](Cc2ccc(OCCc3nc(-c4ccccc4)oc3C)cc2)C1.Cc1oc(-c2ccccc2)nc1CCOc1ccc(C[C@@H]2C[C@@H](C(=O)O)CN2c2nccc(C(F)(F)F)n2)cc1. The van der Waals surface area contributed by atoms with E-state index < -0.39 is 23.8 Å². The molecule has 7 aromatic rings. The lowest BCUT2D eigenvalue weighted by atomic mass is 10.00. The molecule has 17 heteroatoms. The van der Waals surface area contributed by atoms with Crippen molar-refractivity contribution in [3.63, 3.8) is 0 Å². The van der Waals surface area contributed by atoms with Gasteiger partial charge in [0.2, 0.25) is 17.7 Å². The maximum Gasteiger partial charge on any atom is 0.433 e. The fraction of sp³-hybridized carbons (Fsp3) is 0.333. The molecule has 14 nitrogen and oxygen atoms in total. The zero-order valence-electron chi connectivity index (χ0n) is 39.6. The van der Waals surface area contributed by atoms with Crippen LogP contribution in [0, 0.1) is 25.7 Å². The van der Waals surface area contributed by atoms with Crippen LogP contribution in [0.25, 0.3) is 22.9 Å². The van der Waals surface area contributed by atoms with Crippen molar-refractivity contribution in [3.05, 3.63) is 161 Å². The Bertz CT molecular complexity index is 2840. The van der Waals surface area contributed by atoms with Gasteiger partial charge in [-0.3, -0.25) is 9.59 Å². The standard InChI is InChI=1S/C29H27F3N4O4.C25H28N2O4/c1-18-24(34-26(40-18)20-5-3-2-4-6-20)12-14-39-23-9-7-19(8-10-23)15-22-16-21(27(37)38)17-36(22)28-33-13-11-25(35-28)29(30,31)32;1-17-23(27-24(31-17)19-6-4-3-5-7-19)12-13-30-22-10-8-18(9-11-22)14-21-15-20(16-26-21)25(28)29-2/h2-11,13,21-22H,12,14-17H2,1H3,(H,37,38);3-11,20-21,26H,12-16H2,1-2H3/t21-,22-;20-,21-/m11/s1. The summed E-state index contributed by atoms with van der Waals surface area (Å²) in [6, 6.07) is 35.8. The number of aliphatic carboxylic acids is 1. The third kappa shape index (κ3) is 13.2. The largest absolute Gasteiger partial charge is 0.493 e. The molecule has 2 saturated heterocycles. The van der Waals surface area contributed by atoms with Gasteiger partial charge in [0, 0.05) is 55.3 Å². The Morgan fingerprint density at radius 1 is 0.718 bits per heavy atom. The molecule has 5 heterocycles. The summed E-state index contributed by atoms with van der Waals surface area (Å²) in [4.78, 5) is 41.8. The molecule has 9 rings (SSSR count). The Morgan fingerprint density at radius 3 is 1.76 bits per heavy atom. The van der Waals surface area contributed by atoms with Crippen LogP contribution >= 0.6 is 0 Å². The number of carboxylic acids is 1. The van der Waals surface area contributed by atoms with Crippen molar-refractivity contribution < 1.29 is 50.9 Å². The highest BCUT2D eigenvalue weighted by atomic mass is 19.4. The lowest BCUT2D eigenvalue weighted by Gasteiger charge is -2.25. The van der Waals surface area contributed by atoms with E-state index in [1.54, 1.807) is 4.90 Å². The lowest BCUT2D eigenvalue weighted by molar-refractivity contribution is -0.145. The van der Waals surface area contributed by atoms with Crippen LogP contribution < -0.4 is 19.7 Å². The average Bonchev–Trinajstić information content (AvgIpc) is 4.20. The number of carbonyl (C=O) groups excluding carboxylic acids is 1. The number of alkyl halides is 3. The summed E-state index contributed by atoms with van der Waals surface area (Å²) < 4.78 is 67.8. The van der Waals surface area contributed by atoms with E-state index in [1.165, 1.54) is 12.7 Å². The number of esters is 1. The zero-order chi connectivity index (χ0) is 49.9. The van der Waals surface area contributed by atoms with Gasteiger partial charge in [-0.15, -0.1) is 0 Å². The van der Waals surface area contributed by atoms with Crippen LogP contribution in [-0.4, -0.2) is 82.5 Å². The predicted molar refractivity (Wildman–Crippen MR) is 258 cm³/mol. The average molecular weight is 973 g/mol. The van der Waals surface area contributed by atoms with Crippen LogP contribution in [0.5, 0.6) is 11.5 Å². The van der Waals surface area contributed by atoms with Gasteiger partial charge >= 0.3 is 18.1 Å². The minimum absolute atomic E-state index is 0.0377. The molecule has 0 saturated carbocycles. The van der Waals surface area contributed by atoms with Crippen molar-refractivity contribution >= 4 is 17.9 Å². The number of methoxy groups -OCH3 is 1. The molecule has 0 spiro atoms. The minimum atomic E-state index is -4.62. The number of hydrogen-bond donors (Lipinski definition) is 2. The number of rotatable bonds is 17. The summed E-state index contributed by atoms with van der Waals surface area (Å²) >= 11 is 0. The number of oxazole rings is 2. The first kappa shape index (κ1) is 49.9. The van der Waals surface area contributed by atoms with Gasteiger partial charge in [-0.1, -0.05) is 60.7 Å². The summed E-state index contributed by atoms with van der Waals surface area (Å²) in [5.41, 5.74) is 4.67. The molecule has 0 bridgehead atoms. The Balaban J connectivity index is 0.000000197. The van der Waals surface area contributed by atoms with Crippen LogP contribution in [0.3, 0.4) is 0 Å². The smallest absolute Gasteiger partial charge is 0.433 e. The number of ether oxygens (including phenoxy) is 3. The van der Waals surface area contributed by atoms with E-state index in [2.05, 4.69) is 37.4 Å². The molecule has 0 amide bonds. The summed E-state index contributed by atoms with van der Waals surface area (Å²) in [7, 11) is 1.44. The number of carbonyl (C=O) groups is 2. The number of nitrogens with one attached hydrogen (secondary N) is 1. The number of nitrogens with zero attached hydrogens (tertiary/aromatic N) is 5. The van der Waals surface area contributed by atoms with E-state index >= 15 is 0 Å². The van der Waals surface area contributed by atoms with E-state index in [0.29, 0.717) is 62.6 Å². The Kier molecular flexibility index (Phi) is 16.1. The zero-order valence-corrected chi connectivity index (χ0v) is 39.6. The van der Waals surface area contributed by atoms with Gasteiger partial charge in [-0.05, 0) is 105 Å². The third-order valence-corrected chi connectivity index (χ3v) is 12.6. The lowest BCUT2D eigenvalue weighted by Crippen LogP contribution is -2.33. The fourth-order valence-corrected chi connectivity index (χ4v) is 8.76. The summed E-state index contributed by atoms with van der Waals surface area (Å²) in [5, 5.41) is 13.0. The number of aromatic nitrogens is 4. The quantitative estimate of drug-likeness (QED) is 0.0826. The van der Waals surface area contributed by atoms with Gasteiger partial charge in [0.15, 0.2) is 0 Å². The van der Waals surface area contributed by atoms with E-state index in [1.807, 2.05) is 111 Å². The highest BCUT2D eigenvalue weighted by molar-refractivity contribution is 5.73. The van der Waals surface area contributed by atoms with Crippen LogP contribution in [0.2, 0.25) is 0 Å². The first-order chi connectivity index (χ1) is 34.3. The van der Waals surface area contributed by atoms with Gasteiger partial charge in [0.05, 0.1) is 43.5 Å². The Labute approximate surface area is 409 Å². The molecule has 0 radical (unpaired) electrons.